The van der Waals surface area contributed by atoms with Crippen LogP contribution in [0.5, 0.6) is 0 Å². The van der Waals surface area contributed by atoms with Crippen molar-refractivity contribution in [3.05, 3.63) is 126 Å². The number of carbonyl (C=O) groups is 18. The van der Waals surface area contributed by atoms with Crippen LogP contribution in [0.25, 0.3) is 21.8 Å². The molecule has 0 unspecified atom stereocenters. The van der Waals surface area contributed by atoms with Crippen molar-refractivity contribution in [2.45, 2.75) is 210 Å². The van der Waals surface area contributed by atoms with Crippen LogP contribution in [-0.4, -0.2) is 280 Å². The van der Waals surface area contributed by atoms with Crippen molar-refractivity contribution in [3.63, 3.8) is 0 Å². The van der Waals surface area contributed by atoms with Crippen LogP contribution in [0.4, 0.5) is 0 Å². The average molecular weight is 1910 g/mol. The normalized spacial score (nSPS) is 22.8. The number of rotatable bonds is 26. The third-order valence-electron chi connectivity index (χ3n) is 22.6. The number of hydrogen-bond acceptors (Lipinski definition) is 23. The van der Waals surface area contributed by atoms with Gasteiger partial charge in [0.2, 0.25) is 88.6 Å². The molecular weight excluding hydrogens is 1790 g/mol. The number of fused-ring (bicyclic) bond motifs is 9. The summed E-state index contributed by atoms with van der Waals surface area (Å²) >= 11 is 3.18. The Hall–Kier alpha value is -12.9. The summed E-state index contributed by atoms with van der Waals surface area (Å²) in [4.78, 5) is 280. The molecule has 11 atom stereocenters. The third kappa shape index (κ3) is 33.7. The number of nitrogens with two attached hydrogens (primary N) is 2. The van der Waals surface area contributed by atoms with Gasteiger partial charge >= 0.3 is 5.97 Å². The van der Waals surface area contributed by atoms with Crippen LogP contribution in [-0.2, 0) is 112 Å². The average Bonchev–Trinajstić information content (AvgIpc) is 1.76. The Kier molecular flexibility index (Phi) is 41.6. The van der Waals surface area contributed by atoms with E-state index in [9.17, 15) is 57.8 Å². The van der Waals surface area contributed by atoms with E-state index in [0.29, 0.717) is 51.3 Å². The van der Waals surface area contributed by atoms with Gasteiger partial charge in [0.1, 0.15) is 48.3 Å². The molecule has 3 aliphatic rings. The van der Waals surface area contributed by atoms with Gasteiger partial charge in [0.25, 0.3) is 0 Å². The first kappa shape index (κ1) is 105. The van der Waals surface area contributed by atoms with Crippen LogP contribution in [0.3, 0.4) is 0 Å². The van der Waals surface area contributed by atoms with Gasteiger partial charge in [-0.15, -0.1) is 0 Å². The molecule has 3 aliphatic heterocycles. The molecule has 4 bridgehead atoms. The number of ketones is 2. The highest BCUT2D eigenvalue weighted by Gasteiger charge is 2.40. The number of Topliss-reactive ketones (excluding diaryl/α,β-unsaturated/α-hetero) is 2. The molecule has 724 valence electrons. The molecule has 6 heterocycles. The first-order valence-electron chi connectivity index (χ1n) is 44.8. The summed E-state index contributed by atoms with van der Waals surface area (Å²) in [6, 6.07) is 6.98. The summed E-state index contributed by atoms with van der Waals surface area (Å²) in [7, 11) is 0. The molecule has 6 aromatic rings. The number of primary amides is 1. The number of benzene rings is 3. The predicted octanol–water partition coefficient (Wildman–Crippen LogP) is 0.560. The molecule has 3 fully saturated rings. The second-order valence-electron chi connectivity index (χ2n) is 33.7. The SMILES string of the molecule is CCCCCCC(=O)[C@@H]1CSCCC(=O)N2CN3CN(C2)C(=O)CCSC[C@H](NC(C)=O)C(=O)N[C@@H](Cc2c[nH]cn2)C(=O)N[C@@H](Cc2c[nH]c4ccccc24)C(=O)N[C@@H](CC(C)C)C(=O)N[C@@H](CCC(=O)O)C(=O)N[C@@H](CC(N)=O)C(=O)C[C@@H](CSCCC3=O)C(=O)N[C@@H](Cc2c[nH]c3ccccc23)C(=O)N[C@H](CCCNC(=N)N)C(=O)NCC(=O)N[C@@H](Cc2ccccc2)C(=O)N1. The molecule has 0 saturated carbocycles. The van der Waals surface area contributed by atoms with Crippen molar-refractivity contribution in [1.29, 1.82) is 5.41 Å². The highest BCUT2D eigenvalue weighted by atomic mass is 32.2. The van der Waals surface area contributed by atoms with E-state index < -0.39 is 211 Å². The van der Waals surface area contributed by atoms with Gasteiger partial charge < -0.3 is 110 Å². The molecule has 0 aliphatic carbocycles. The van der Waals surface area contributed by atoms with E-state index in [2.05, 4.69) is 83.7 Å². The zero-order chi connectivity index (χ0) is 96.9. The number of amides is 15. The number of aromatic nitrogens is 4. The number of aromatic amines is 3. The molecule has 134 heavy (non-hydrogen) atoms. The number of unbranched alkanes of at least 4 members (excludes halogenated alkanes) is 3. The van der Waals surface area contributed by atoms with E-state index >= 15 is 33.6 Å². The fraction of sp³-hybridized carbons (Fsp3) is 0.511. The summed E-state index contributed by atoms with van der Waals surface area (Å²) in [5, 5.41) is 51.2. The molecule has 21 N–H and O–H groups in total. The number of nitrogens with one attached hydrogen (secondary N) is 16. The van der Waals surface area contributed by atoms with Gasteiger partial charge in [0.15, 0.2) is 17.5 Å². The largest absolute Gasteiger partial charge is 0.481 e. The maximum Gasteiger partial charge on any atom is 0.303 e. The van der Waals surface area contributed by atoms with Crippen LogP contribution in [0.15, 0.2) is 104 Å². The van der Waals surface area contributed by atoms with Crippen molar-refractivity contribution in [2.24, 2.45) is 23.3 Å². The van der Waals surface area contributed by atoms with Gasteiger partial charge in [-0.2, -0.15) is 35.3 Å². The third-order valence-corrected chi connectivity index (χ3v) is 25.9. The number of aliphatic carboxylic acids is 1. The number of nitrogens with zero attached hydrogens (tertiary/aromatic N) is 4. The Morgan fingerprint density at radius 1 is 0.530 bits per heavy atom. The van der Waals surface area contributed by atoms with Crippen LogP contribution in [0.1, 0.15) is 146 Å². The molecule has 3 aromatic heterocycles. The Labute approximate surface area is 787 Å². The van der Waals surface area contributed by atoms with Crippen molar-refractivity contribution in [2.75, 3.05) is 67.6 Å². The first-order chi connectivity index (χ1) is 64.2. The van der Waals surface area contributed by atoms with E-state index in [1.807, 2.05) is 6.92 Å². The molecule has 41 nitrogen and oxygen atoms in total. The number of H-pyrrole nitrogens is 3. The number of imidazole rings is 1. The Morgan fingerprint density at radius 2 is 1.03 bits per heavy atom. The zero-order valence-electron chi connectivity index (χ0n) is 75.4. The number of carboxylic acids is 1. The maximum absolute atomic E-state index is 15.7. The highest BCUT2D eigenvalue weighted by Crippen LogP contribution is 2.26. The molecule has 0 radical (unpaired) electrons. The monoisotopic (exact) mass is 1910 g/mol. The summed E-state index contributed by atoms with van der Waals surface area (Å²) in [6.45, 7) is 4.74. The molecule has 3 aromatic carbocycles. The lowest BCUT2D eigenvalue weighted by Gasteiger charge is -2.42. The number of guanidine groups is 1. The lowest BCUT2D eigenvalue weighted by molar-refractivity contribution is -0.158. The van der Waals surface area contributed by atoms with Crippen molar-refractivity contribution in [1.82, 2.24) is 98.4 Å². The first-order valence-corrected chi connectivity index (χ1v) is 48.2. The minimum Gasteiger partial charge on any atom is -0.481 e. The number of carbonyl (C=O) groups excluding carboxylic acids is 17. The van der Waals surface area contributed by atoms with E-state index in [0.717, 1.165) is 55.1 Å². The molecule has 44 heteroatoms. The number of thioether (sulfide) groups is 3. The summed E-state index contributed by atoms with van der Waals surface area (Å²) in [5.74, 6) is -19.3. The number of para-hydroxylation sites is 2. The van der Waals surface area contributed by atoms with Crippen LogP contribution in [0.2, 0.25) is 0 Å². The van der Waals surface area contributed by atoms with E-state index in [1.165, 1.54) is 27.2 Å². The molecule has 9 rings (SSSR count). The molecule has 0 spiro atoms. The summed E-state index contributed by atoms with van der Waals surface area (Å²) in [6.07, 6.45) is 3.48. The Bertz CT molecular complexity index is 5130. The molecule has 15 amide bonds. The smallest absolute Gasteiger partial charge is 0.303 e. The second-order valence-corrected chi connectivity index (χ2v) is 37.2. The van der Waals surface area contributed by atoms with Gasteiger partial charge in [0.05, 0.1) is 63.0 Å². The highest BCUT2D eigenvalue weighted by molar-refractivity contribution is 7.99. The minimum absolute atomic E-state index is 0.00146. The predicted molar refractivity (Wildman–Crippen MR) is 502 cm³/mol. The minimum atomic E-state index is -1.96. The summed E-state index contributed by atoms with van der Waals surface area (Å²) < 4.78 is 0. The Morgan fingerprint density at radius 3 is 1.58 bits per heavy atom. The lowest BCUT2D eigenvalue weighted by Crippen LogP contribution is -2.60. The fourth-order valence-corrected chi connectivity index (χ4v) is 18.5. The van der Waals surface area contributed by atoms with Crippen LogP contribution in [0, 0.1) is 17.2 Å². The standard InChI is InChI=1S/C90H122N22O19S3/c1-5-6-7-11-24-73(114)71-46-133-32-28-78(119)111-49-110-50-112(51-111)79(120)29-33-134-47-72(100-53(4)113)89(131)108-70(39-58-43-94-48-99-58)88(130)107-69(37-56-42-97-62-22-15-13-20-60(56)62)87(129)106-66(34-52(2)3)84(126)103-64(25-26-80(121)122)83(125)104-65(40-75(91)116)74(115)38-57(45-132-31-27-77(110)118)81(123)105-68(36-55-41-96-61-21-14-12-19-59(55)61)86(128)102-63(23-16-30-95-90(92)93)82(124)98-44-76(117)101-67(85(127)109-71)35-54-17-9-8-10-18-54/h8-10,12-15,17-22,41-43,48,52,57,63-72,96-97H,5-7,11,16,23-40,44-47,49-51H2,1-4H3,(H2,91,116)(H,94,99)(H,98,124)(H,100,113)(H,101,117)(H,102,128)(H,103,126)(H,104,125)(H,105,123)(H,106,129)(H,107,130)(H,108,131)(H,109,127)(H,121,122)(H4,92,93,95)/t57-,63+,64-,65-,66-,67-,68-,69-,70-,71-,72-/m0/s1. The lowest BCUT2D eigenvalue weighted by atomic mass is 9.95. The zero-order valence-corrected chi connectivity index (χ0v) is 77.9. The van der Waals surface area contributed by atoms with Crippen LogP contribution < -0.4 is 75.3 Å². The summed E-state index contributed by atoms with van der Waals surface area (Å²) in [5.41, 5.74) is 14.5. The van der Waals surface area contributed by atoms with Crippen molar-refractivity contribution >= 4 is 169 Å². The van der Waals surface area contributed by atoms with Crippen molar-refractivity contribution in [3.8, 4) is 0 Å². The van der Waals surface area contributed by atoms with Gasteiger partial charge in [0, 0.05) is 153 Å². The van der Waals surface area contributed by atoms with Crippen molar-refractivity contribution < 1.29 is 91.4 Å². The molecule has 3 saturated heterocycles. The number of carboxylic acid groups (broad SMARTS) is 1. The van der Waals surface area contributed by atoms with E-state index in [4.69, 9.17) is 16.9 Å². The maximum atomic E-state index is 15.7. The molecular formula is C90H122N22O19S3. The van der Waals surface area contributed by atoms with Crippen LogP contribution >= 0.6 is 35.3 Å². The van der Waals surface area contributed by atoms with Gasteiger partial charge in [-0.3, -0.25) is 91.7 Å². The van der Waals surface area contributed by atoms with Gasteiger partial charge in [-0.1, -0.05) is 107 Å². The number of hydrogen-bond donors (Lipinski definition) is 19. The quantitative estimate of drug-likeness (QED) is 0.0200. The second kappa shape index (κ2) is 53.1. The van der Waals surface area contributed by atoms with Gasteiger partial charge in [-0.25, -0.2) is 4.98 Å². The Balaban J connectivity index is 1.13. The van der Waals surface area contributed by atoms with E-state index in [-0.39, 0.29) is 143 Å². The van der Waals surface area contributed by atoms with E-state index in [1.54, 1.807) is 105 Å². The topological polar surface area (TPSA) is 618 Å². The van der Waals surface area contributed by atoms with Gasteiger partial charge in [-0.05, 0) is 66.8 Å². The fourth-order valence-electron chi connectivity index (χ4n) is 15.5.